The van der Waals surface area contributed by atoms with Gasteiger partial charge in [0, 0.05) is 0 Å². The fourth-order valence-corrected chi connectivity index (χ4v) is 1.87. The van der Waals surface area contributed by atoms with E-state index in [9.17, 15) is 13.2 Å². The van der Waals surface area contributed by atoms with E-state index < -0.39 is 11.6 Å². The normalized spacial score (nSPS) is 18.9. The molecule has 0 radical (unpaired) electrons. The minimum Gasteiger partial charge on any atom is -0.398 e. The summed E-state index contributed by atoms with van der Waals surface area (Å²) in [6.07, 6.45) is -3.93. The zero-order valence-electron chi connectivity index (χ0n) is 7.74. The van der Waals surface area contributed by atoms with Crippen molar-refractivity contribution in [3.8, 4) is 0 Å². The number of nitrogen functional groups attached to an aromatic ring is 1. The summed E-state index contributed by atoms with van der Waals surface area (Å²) < 4.78 is 38.2. The molecule has 82 valence electrons. The summed E-state index contributed by atoms with van der Waals surface area (Å²) in [5.41, 5.74) is 4.29. The third kappa shape index (κ3) is 1.57. The van der Waals surface area contributed by atoms with E-state index in [1.165, 1.54) is 18.2 Å². The van der Waals surface area contributed by atoms with Crippen molar-refractivity contribution < 1.29 is 13.2 Å². The smallest absolute Gasteiger partial charge is 0.398 e. The van der Waals surface area contributed by atoms with Crippen LogP contribution < -0.4 is 5.73 Å². The minimum atomic E-state index is -4.20. The van der Waals surface area contributed by atoms with Gasteiger partial charge in [-0.1, -0.05) is 17.7 Å². The van der Waals surface area contributed by atoms with Gasteiger partial charge in [-0.2, -0.15) is 13.2 Å². The van der Waals surface area contributed by atoms with Crippen molar-refractivity contribution in [1.29, 1.82) is 0 Å². The van der Waals surface area contributed by atoms with E-state index in [-0.39, 0.29) is 23.4 Å². The van der Waals surface area contributed by atoms with Gasteiger partial charge >= 0.3 is 6.18 Å². The van der Waals surface area contributed by atoms with Crippen LogP contribution in [0, 0.1) is 0 Å². The maximum Gasteiger partial charge on any atom is 0.398 e. The molecule has 1 saturated carbocycles. The Labute approximate surface area is 90.0 Å². The first kappa shape index (κ1) is 10.6. The van der Waals surface area contributed by atoms with Crippen LogP contribution in [-0.4, -0.2) is 6.18 Å². The predicted molar refractivity (Wildman–Crippen MR) is 52.8 cm³/mol. The molecule has 2 rings (SSSR count). The number of hydrogen-bond acceptors (Lipinski definition) is 1. The molecule has 15 heavy (non-hydrogen) atoms. The maximum absolute atomic E-state index is 12.7. The second kappa shape index (κ2) is 3.04. The van der Waals surface area contributed by atoms with Crippen molar-refractivity contribution in [2.75, 3.05) is 5.73 Å². The van der Waals surface area contributed by atoms with Crippen LogP contribution in [-0.2, 0) is 5.41 Å². The molecule has 0 amide bonds. The SMILES string of the molecule is Nc1ccc(C2(C(F)(F)F)CC2)cc1Cl. The Hall–Kier alpha value is -0.900. The van der Waals surface area contributed by atoms with E-state index in [0.29, 0.717) is 5.69 Å². The minimum absolute atomic E-state index is 0.136. The van der Waals surface area contributed by atoms with Crippen molar-refractivity contribution in [2.45, 2.75) is 24.4 Å². The molecule has 0 atom stereocenters. The van der Waals surface area contributed by atoms with Crippen LogP contribution in [0.3, 0.4) is 0 Å². The van der Waals surface area contributed by atoms with Gasteiger partial charge in [-0.25, -0.2) is 0 Å². The quantitative estimate of drug-likeness (QED) is 0.741. The van der Waals surface area contributed by atoms with E-state index in [1.54, 1.807) is 0 Å². The lowest BCUT2D eigenvalue weighted by Gasteiger charge is -2.20. The summed E-state index contributed by atoms with van der Waals surface area (Å²) in [7, 11) is 0. The first-order valence-corrected chi connectivity index (χ1v) is 4.87. The molecule has 1 aliphatic rings. The van der Waals surface area contributed by atoms with Crippen LogP contribution >= 0.6 is 11.6 Å². The number of alkyl halides is 3. The van der Waals surface area contributed by atoms with Crippen LogP contribution in [0.5, 0.6) is 0 Å². The average molecular weight is 236 g/mol. The Balaban J connectivity index is 2.43. The standard InChI is InChI=1S/C10H9ClF3N/c11-7-5-6(1-2-8(7)15)9(3-4-9)10(12,13)14/h1-2,5H,3-4,15H2. The third-order valence-corrected chi connectivity index (χ3v) is 3.17. The summed E-state index contributed by atoms with van der Waals surface area (Å²) >= 11 is 5.71. The van der Waals surface area contributed by atoms with E-state index >= 15 is 0 Å². The van der Waals surface area contributed by atoms with Gasteiger partial charge < -0.3 is 5.73 Å². The van der Waals surface area contributed by atoms with Crippen molar-refractivity contribution >= 4 is 17.3 Å². The van der Waals surface area contributed by atoms with E-state index in [1.807, 2.05) is 0 Å². The van der Waals surface area contributed by atoms with E-state index in [0.717, 1.165) is 0 Å². The largest absolute Gasteiger partial charge is 0.398 e. The lowest BCUT2D eigenvalue weighted by Crippen LogP contribution is -2.28. The summed E-state index contributed by atoms with van der Waals surface area (Å²) in [5, 5.41) is 0.183. The van der Waals surface area contributed by atoms with Crippen LogP contribution in [0.25, 0.3) is 0 Å². The summed E-state index contributed by atoms with van der Waals surface area (Å²) in [6, 6.07) is 4.14. The molecule has 1 aromatic rings. The first-order valence-electron chi connectivity index (χ1n) is 4.49. The highest BCUT2D eigenvalue weighted by atomic mass is 35.5. The average Bonchev–Trinajstić information content (AvgIpc) is 2.88. The highest BCUT2D eigenvalue weighted by Gasteiger charge is 2.64. The highest BCUT2D eigenvalue weighted by molar-refractivity contribution is 6.33. The molecular weight excluding hydrogens is 227 g/mol. The molecule has 0 saturated heterocycles. The van der Waals surface area contributed by atoms with Gasteiger partial charge in [-0.15, -0.1) is 0 Å². The van der Waals surface area contributed by atoms with Gasteiger partial charge in [0.25, 0.3) is 0 Å². The van der Waals surface area contributed by atoms with Crippen molar-refractivity contribution in [3.63, 3.8) is 0 Å². The van der Waals surface area contributed by atoms with Gasteiger partial charge in [0.15, 0.2) is 0 Å². The monoisotopic (exact) mass is 235 g/mol. The Morgan fingerprint density at radius 3 is 2.27 bits per heavy atom. The van der Waals surface area contributed by atoms with Crippen LogP contribution in [0.1, 0.15) is 18.4 Å². The van der Waals surface area contributed by atoms with Gasteiger partial charge in [0.05, 0.1) is 16.1 Å². The van der Waals surface area contributed by atoms with Crippen LogP contribution in [0.15, 0.2) is 18.2 Å². The van der Waals surface area contributed by atoms with Crippen molar-refractivity contribution in [1.82, 2.24) is 0 Å². The summed E-state index contributed by atoms with van der Waals surface area (Å²) in [4.78, 5) is 0. The van der Waals surface area contributed by atoms with Gasteiger partial charge in [0.1, 0.15) is 0 Å². The zero-order chi connectivity index (χ0) is 11.3. The molecule has 1 fully saturated rings. The van der Waals surface area contributed by atoms with E-state index in [2.05, 4.69) is 0 Å². The van der Waals surface area contributed by atoms with Crippen molar-refractivity contribution in [2.24, 2.45) is 0 Å². The van der Waals surface area contributed by atoms with Crippen LogP contribution in [0.2, 0.25) is 5.02 Å². The number of halogens is 4. The van der Waals surface area contributed by atoms with Gasteiger partial charge in [-0.05, 0) is 30.5 Å². The number of nitrogens with two attached hydrogens (primary N) is 1. The Morgan fingerprint density at radius 1 is 1.27 bits per heavy atom. The molecule has 0 bridgehead atoms. The molecule has 5 heteroatoms. The third-order valence-electron chi connectivity index (χ3n) is 2.85. The fourth-order valence-electron chi connectivity index (χ4n) is 1.69. The second-order valence-corrected chi connectivity index (χ2v) is 4.22. The molecule has 0 heterocycles. The Morgan fingerprint density at radius 2 is 1.87 bits per heavy atom. The number of hydrogen-bond donors (Lipinski definition) is 1. The van der Waals surface area contributed by atoms with Gasteiger partial charge in [0.2, 0.25) is 0 Å². The number of rotatable bonds is 1. The molecule has 0 spiro atoms. The molecule has 2 N–H and O–H groups in total. The second-order valence-electron chi connectivity index (χ2n) is 3.82. The topological polar surface area (TPSA) is 26.0 Å². The van der Waals surface area contributed by atoms with Crippen molar-refractivity contribution in [3.05, 3.63) is 28.8 Å². The Kier molecular flexibility index (Phi) is 2.15. The summed E-state index contributed by atoms with van der Waals surface area (Å²) in [5.74, 6) is 0. The zero-order valence-corrected chi connectivity index (χ0v) is 8.49. The lowest BCUT2D eigenvalue weighted by molar-refractivity contribution is -0.160. The molecule has 0 unspecified atom stereocenters. The first-order chi connectivity index (χ1) is 6.87. The fraction of sp³-hybridized carbons (Fsp3) is 0.400. The molecular formula is C10H9ClF3N. The predicted octanol–water partition coefficient (Wildman–Crippen LogP) is 3.52. The summed E-state index contributed by atoms with van der Waals surface area (Å²) in [6.45, 7) is 0. The molecule has 1 nitrogen and oxygen atoms in total. The molecule has 0 aromatic heterocycles. The molecule has 0 aliphatic heterocycles. The molecule has 1 aromatic carbocycles. The maximum atomic E-state index is 12.7. The number of anilines is 1. The molecule has 1 aliphatic carbocycles. The van der Waals surface area contributed by atoms with E-state index in [4.69, 9.17) is 17.3 Å². The van der Waals surface area contributed by atoms with Gasteiger partial charge in [-0.3, -0.25) is 0 Å². The number of benzene rings is 1. The lowest BCUT2D eigenvalue weighted by atomic mass is 9.95. The highest BCUT2D eigenvalue weighted by Crippen LogP contribution is 2.59. The Bertz CT molecular complexity index is 396. The van der Waals surface area contributed by atoms with Crippen LogP contribution in [0.4, 0.5) is 18.9 Å².